The molecule has 0 atom stereocenters. The second kappa shape index (κ2) is 6.52. The number of aryl methyl sites for hydroxylation is 1. The maximum Gasteiger partial charge on any atom is 0.150 e. The van der Waals surface area contributed by atoms with Crippen molar-refractivity contribution in [2.75, 3.05) is 5.75 Å². The number of aromatic nitrogens is 2. The molecule has 1 aromatic carbocycles. The lowest BCUT2D eigenvalue weighted by atomic mass is 10.3. The number of Topliss-reactive ketones (excluding diaryl/α,β-unsaturated/α-hetero) is 1. The van der Waals surface area contributed by atoms with Gasteiger partial charge in [0.2, 0.25) is 0 Å². The molecule has 1 aromatic heterocycles. The Morgan fingerprint density at radius 1 is 1.47 bits per heavy atom. The molecule has 0 aliphatic carbocycles. The summed E-state index contributed by atoms with van der Waals surface area (Å²) in [6.45, 7) is 2.82. The SMILES string of the molecule is CCn1ccnc1CC(=O)CSc1cccc(F)c1. The standard InChI is InChI=1S/C14H15FN2OS/c1-2-17-7-6-16-14(17)9-12(18)10-19-13-5-3-4-11(15)8-13/h3-8H,2,9-10H2,1H3. The lowest BCUT2D eigenvalue weighted by molar-refractivity contribution is -0.116. The van der Waals surface area contributed by atoms with Crippen molar-refractivity contribution in [1.82, 2.24) is 9.55 Å². The molecule has 2 rings (SSSR count). The third kappa shape index (κ3) is 3.92. The lowest BCUT2D eigenvalue weighted by Crippen LogP contribution is -2.11. The fourth-order valence-electron chi connectivity index (χ4n) is 1.74. The van der Waals surface area contributed by atoms with Gasteiger partial charge in [0.15, 0.2) is 5.78 Å². The van der Waals surface area contributed by atoms with Gasteiger partial charge in [-0.1, -0.05) is 6.07 Å². The molecule has 0 saturated carbocycles. The Balaban J connectivity index is 1.88. The summed E-state index contributed by atoms with van der Waals surface area (Å²) in [5, 5.41) is 0. The van der Waals surface area contributed by atoms with Crippen LogP contribution in [-0.2, 0) is 17.8 Å². The number of carbonyl (C=O) groups is 1. The van der Waals surface area contributed by atoms with Gasteiger partial charge in [-0.05, 0) is 25.1 Å². The predicted molar refractivity (Wildman–Crippen MR) is 73.7 cm³/mol. The van der Waals surface area contributed by atoms with Crippen LogP contribution < -0.4 is 0 Å². The lowest BCUT2D eigenvalue weighted by Gasteiger charge is -2.04. The smallest absolute Gasteiger partial charge is 0.150 e. The molecule has 19 heavy (non-hydrogen) atoms. The van der Waals surface area contributed by atoms with Gasteiger partial charge in [-0.25, -0.2) is 9.37 Å². The quantitative estimate of drug-likeness (QED) is 0.762. The first-order valence-corrected chi connectivity index (χ1v) is 7.07. The van der Waals surface area contributed by atoms with Crippen molar-refractivity contribution in [2.24, 2.45) is 0 Å². The van der Waals surface area contributed by atoms with E-state index in [1.54, 1.807) is 18.3 Å². The summed E-state index contributed by atoms with van der Waals surface area (Å²) in [6, 6.07) is 6.27. The first-order chi connectivity index (χ1) is 9.19. The minimum Gasteiger partial charge on any atom is -0.335 e. The minimum atomic E-state index is -0.279. The van der Waals surface area contributed by atoms with Crippen molar-refractivity contribution in [3.05, 3.63) is 48.3 Å². The highest BCUT2D eigenvalue weighted by Gasteiger charge is 2.09. The number of benzene rings is 1. The van der Waals surface area contributed by atoms with E-state index in [1.165, 1.54) is 23.9 Å². The number of nitrogens with zero attached hydrogens (tertiary/aromatic N) is 2. The zero-order valence-electron chi connectivity index (χ0n) is 10.7. The minimum absolute atomic E-state index is 0.0927. The summed E-state index contributed by atoms with van der Waals surface area (Å²) < 4.78 is 14.9. The molecule has 100 valence electrons. The number of halogens is 1. The highest BCUT2D eigenvalue weighted by molar-refractivity contribution is 8.00. The number of imidazole rings is 1. The molecule has 0 radical (unpaired) electrons. The number of thioether (sulfide) groups is 1. The molecule has 2 aromatic rings. The Labute approximate surface area is 115 Å². The van der Waals surface area contributed by atoms with E-state index in [1.807, 2.05) is 17.7 Å². The van der Waals surface area contributed by atoms with E-state index < -0.39 is 0 Å². The number of hydrogen-bond donors (Lipinski definition) is 0. The van der Waals surface area contributed by atoms with Crippen LogP contribution in [-0.4, -0.2) is 21.1 Å². The summed E-state index contributed by atoms with van der Waals surface area (Å²) in [4.78, 5) is 16.8. The van der Waals surface area contributed by atoms with Gasteiger partial charge in [0.1, 0.15) is 11.6 Å². The van der Waals surface area contributed by atoms with Crippen molar-refractivity contribution >= 4 is 17.5 Å². The largest absolute Gasteiger partial charge is 0.335 e. The van der Waals surface area contributed by atoms with E-state index in [2.05, 4.69) is 4.98 Å². The molecule has 0 N–H and O–H groups in total. The zero-order chi connectivity index (χ0) is 13.7. The van der Waals surface area contributed by atoms with Gasteiger partial charge in [0, 0.05) is 23.8 Å². The summed E-state index contributed by atoms with van der Waals surface area (Å²) in [7, 11) is 0. The fourth-order valence-corrected chi connectivity index (χ4v) is 2.54. The third-order valence-corrected chi connectivity index (χ3v) is 3.75. The molecule has 3 nitrogen and oxygen atoms in total. The van der Waals surface area contributed by atoms with E-state index in [0.29, 0.717) is 12.2 Å². The molecule has 0 aliphatic rings. The number of hydrogen-bond acceptors (Lipinski definition) is 3. The van der Waals surface area contributed by atoms with Gasteiger partial charge in [-0.15, -0.1) is 11.8 Å². The van der Waals surface area contributed by atoms with Gasteiger partial charge in [0.25, 0.3) is 0 Å². The molecule has 0 saturated heterocycles. The normalized spacial score (nSPS) is 10.6. The summed E-state index contributed by atoms with van der Waals surface area (Å²) in [5.41, 5.74) is 0. The van der Waals surface area contributed by atoms with Gasteiger partial charge in [-0.2, -0.15) is 0 Å². The third-order valence-electron chi connectivity index (χ3n) is 2.69. The average molecular weight is 278 g/mol. The topological polar surface area (TPSA) is 34.9 Å². The molecule has 0 aliphatic heterocycles. The Hall–Kier alpha value is -1.62. The van der Waals surface area contributed by atoms with Crippen LogP contribution in [0.3, 0.4) is 0 Å². The molecule has 0 spiro atoms. The van der Waals surface area contributed by atoms with E-state index in [9.17, 15) is 9.18 Å². The van der Waals surface area contributed by atoms with Gasteiger partial charge < -0.3 is 4.57 Å². The molecule has 1 heterocycles. The Kier molecular flexibility index (Phi) is 4.74. The molecular weight excluding hydrogens is 263 g/mol. The summed E-state index contributed by atoms with van der Waals surface area (Å²) in [6.07, 6.45) is 3.89. The Morgan fingerprint density at radius 2 is 2.32 bits per heavy atom. The second-order valence-electron chi connectivity index (χ2n) is 4.09. The molecule has 0 bridgehead atoms. The predicted octanol–water partition coefficient (Wildman–Crippen LogP) is 2.95. The van der Waals surface area contributed by atoms with E-state index in [-0.39, 0.29) is 11.6 Å². The maximum atomic E-state index is 13.0. The first kappa shape index (κ1) is 13.8. The van der Waals surface area contributed by atoms with Crippen molar-refractivity contribution < 1.29 is 9.18 Å². The van der Waals surface area contributed by atoms with E-state index >= 15 is 0 Å². The van der Waals surface area contributed by atoms with Crippen molar-refractivity contribution in [2.45, 2.75) is 24.8 Å². The van der Waals surface area contributed by atoms with Gasteiger partial charge in [0.05, 0.1) is 12.2 Å². The fraction of sp³-hybridized carbons (Fsp3) is 0.286. The molecule has 0 amide bonds. The zero-order valence-corrected chi connectivity index (χ0v) is 11.5. The molecule has 5 heteroatoms. The summed E-state index contributed by atoms with van der Waals surface area (Å²) >= 11 is 1.35. The highest BCUT2D eigenvalue weighted by Crippen LogP contribution is 2.19. The number of rotatable bonds is 6. The average Bonchev–Trinajstić information content (AvgIpc) is 2.84. The van der Waals surface area contributed by atoms with Gasteiger partial charge >= 0.3 is 0 Å². The van der Waals surface area contributed by atoms with E-state index in [0.717, 1.165) is 17.3 Å². The van der Waals surface area contributed by atoms with Crippen LogP contribution >= 0.6 is 11.8 Å². The monoisotopic (exact) mass is 278 g/mol. The van der Waals surface area contributed by atoms with E-state index in [4.69, 9.17) is 0 Å². The van der Waals surface area contributed by atoms with Crippen LogP contribution in [0.5, 0.6) is 0 Å². The van der Waals surface area contributed by atoms with Crippen molar-refractivity contribution in [3.63, 3.8) is 0 Å². The van der Waals surface area contributed by atoms with Crippen LogP contribution in [0.4, 0.5) is 4.39 Å². The number of ketones is 1. The van der Waals surface area contributed by atoms with Crippen LogP contribution in [0, 0.1) is 5.82 Å². The second-order valence-corrected chi connectivity index (χ2v) is 5.14. The molecular formula is C14H15FN2OS. The van der Waals surface area contributed by atoms with Gasteiger partial charge in [-0.3, -0.25) is 4.79 Å². The van der Waals surface area contributed by atoms with Crippen LogP contribution in [0.1, 0.15) is 12.7 Å². The van der Waals surface area contributed by atoms with Crippen LogP contribution in [0.15, 0.2) is 41.6 Å². The summed E-state index contributed by atoms with van der Waals surface area (Å²) in [5.74, 6) is 0.932. The highest BCUT2D eigenvalue weighted by atomic mass is 32.2. The Bertz CT molecular complexity index is 568. The van der Waals surface area contributed by atoms with Crippen molar-refractivity contribution in [3.8, 4) is 0 Å². The molecule has 0 fully saturated rings. The number of carbonyl (C=O) groups excluding carboxylic acids is 1. The maximum absolute atomic E-state index is 13.0. The molecule has 0 unspecified atom stereocenters. The van der Waals surface area contributed by atoms with Crippen molar-refractivity contribution in [1.29, 1.82) is 0 Å². The van der Waals surface area contributed by atoms with Crippen LogP contribution in [0.2, 0.25) is 0 Å². The Morgan fingerprint density at radius 3 is 3.05 bits per heavy atom. The first-order valence-electron chi connectivity index (χ1n) is 6.09. The van der Waals surface area contributed by atoms with Crippen LogP contribution in [0.25, 0.3) is 0 Å².